The monoisotopic (exact) mass is 300 g/mol. The summed E-state index contributed by atoms with van der Waals surface area (Å²) in [5.41, 5.74) is 0. The zero-order chi connectivity index (χ0) is 16.0. The van der Waals surface area contributed by atoms with Crippen molar-refractivity contribution in [2.24, 2.45) is 5.92 Å². The fourth-order valence-corrected chi connectivity index (χ4v) is 2.48. The lowest BCUT2D eigenvalue weighted by atomic mass is 9.92. The first-order valence-corrected chi connectivity index (χ1v) is 7.23. The van der Waals surface area contributed by atoms with E-state index in [4.69, 9.17) is 5.11 Å². The molecule has 7 heteroatoms. The summed E-state index contributed by atoms with van der Waals surface area (Å²) in [6.07, 6.45) is 1.96. The van der Waals surface area contributed by atoms with Crippen molar-refractivity contribution < 1.29 is 24.2 Å². The number of rotatable bonds is 5. The minimum atomic E-state index is -1.15. The molecule has 0 aliphatic carbocycles. The molecule has 1 aliphatic heterocycles. The Hall–Kier alpha value is -1.79. The Morgan fingerprint density at radius 2 is 2.05 bits per heavy atom. The summed E-state index contributed by atoms with van der Waals surface area (Å²) < 4.78 is 4.48. The number of hydrogen-bond acceptors (Lipinski definition) is 4. The van der Waals surface area contributed by atoms with Crippen molar-refractivity contribution in [3.8, 4) is 0 Å². The van der Waals surface area contributed by atoms with Crippen molar-refractivity contribution in [3.63, 3.8) is 0 Å². The van der Waals surface area contributed by atoms with Crippen molar-refractivity contribution in [1.82, 2.24) is 10.2 Å². The normalized spacial score (nSPS) is 23.3. The molecule has 1 heterocycles. The van der Waals surface area contributed by atoms with E-state index in [1.54, 1.807) is 4.90 Å². The van der Waals surface area contributed by atoms with Crippen molar-refractivity contribution in [2.75, 3.05) is 13.7 Å². The van der Waals surface area contributed by atoms with Gasteiger partial charge in [-0.05, 0) is 32.1 Å². The molecule has 2 amide bonds. The van der Waals surface area contributed by atoms with E-state index in [9.17, 15) is 14.4 Å². The Morgan fingerprint density at radius 1 is 1.38 bits per heavy atom. The number of carboxylic acid groups (broad SMARTS) is 1. The van der Waals surface area contributed by atoms with Gasteiger partial charge in [-0.1, -0.05) is 6.92 Å². The first-order valence-electron chi connectivity index (χ1n) is 7.23. The van der Waals surface area contributed by atoms with Crippen LogP contribution in [-0.2, 0) is 14.3 Å². The fraction of sp³-hybridized carbons (Fsp3) is 0.786. The summed E-state index contributed by atoms with van der Waals surface area (Å²) in [4.78, 5) is 36.1. The van der Waals surface area contributed by atoms with Crippen LogP contribution in [0.15, 0.2) is 0 Å². The summed E-state index contributed by atoms with van der Waals surface area (Å²) >= 11 is 0. The van der Waals surface area contributed by atoms with E-state index in [0.29, 0.717) is 12.5 Å². The minimum absolute atomic E-state index is 0.0194. The number of hydrogen-bond donors (Lipinski definition) is 2. The molecular formula is C14H24N2O5. The molecule has 0 aromatic heterocycles. The van der Waals surface area contributed by atoms with Crippen LogP contribution in [0.2, 0.25) is 0 Å². The van der Waals surface area contributed by atoms with Crippen LogP contribution in [0.25, 0.3) is 0 Å². The average molecular weight is 300 g/mol. The second-order valence-corrected chi connectivity index (χ2v) is 5.51. The van der Waals surface area contributed by atoms with E-state index >= 15 is 0 Å². The van der Waals surface area contributed by atoms with Gasteiger partial charge in [-0.25, -0.2) is 9.59 Å². The Labute approximate surface area is 124 Å². The molecule has 1 fully saturated rings. The van der Waals surface area contributed by atoms with Crippen molar-refractivity contribution in [3.05, 3.63) is 0 Å². The van der Waals surface area contributed by atoms with Crippen LogP contribution in [0.1, 0.15) is 39.5 Å². The number of amides is 2. The van der Waals surface area contributed by atoms with Gasteiger partial charge in [-0.3, -0.25) is 4.79 Å². The highest BCUT2D eigenvalue weighted by atomic mass is 16.5. The number of likely N-dealkylation sites (tertiary alicyclic amines) is 1. The molecule has 0 radical (unpaired) electrons. The number of urea groups is 1. The molecule has 0 saturated carbocycles. The zero-order valence-electron chi connectivity index (χ0n) is 12.8. The highest BCUT2D eigenvalue weighted by molar-refractivity contribution is 5.83. The maximum Gasteiger partial charge on any atom is 0.326 e. The van der Waals surface area contributed by atoms with E-state index in [2.05, 4.69) is 17.0 Å². The van der Waals surface area contributed by atoms with Crippen molar-refractivity contribution in [2.45, 2.75) is 51.6 Å². The maximum atomic E-state index is 12.2. The lowest BCUT2D eigenvalue weighted by Crippen LogP contribution is -2.54. The van der Waals surface area contributed by atoms with Gasteiger partial charge >= 0.3 is 18.0 Å². The van der Waals surface area contributed by atoms with Gasteiger partial charge < -0.3 is 20.1 Å². The molecule has 2 N–H and O–H groups in total. The van der Waals surface area contributed by atoms with Crippen LogP contribution in [0.3, 0.4) is 0 Å². The number of ether oxygens (including phenoxy) is 1. The standard InChI is InChI=1S/C14H24N2O5/c1-9-5-4-8-16(10(9)2)14(20)15-11(13(18)19)6-7-12(17)21-3/h9-11H,4-8H2,1-3H3,(H,15,20)(H,18,19)/t9?,10?,11-/m1/s1. The molecule has 2 unspecified atom stereocenters. The highest BCUT2D eigenvalue weighted by Gasteiger charge is 2.31. The van der Waals surface area contributed by atoms with Gasteiger partial charge in [0, 0.05) is 19.0 Å². The van der Waals surface area contributed by atoms with Gasteiger partial charge in [-0.15, -0.1) is 0 Å². The molecule has 1 rings (SSSR count). The van der Waals surface area contributed by atoms with Crippen molar-refractivity contribution in [1.29, 1.82) is 0 Å². The Morgan fingerprint density at radius 3 is 2.62 bits per heavy atom. The van der Waals surface area contributed by atoms with Gasteiger partial charge in [0.15, 0.2) is 0 Å². The van der Waals surface area contributed by atoms with Crippen molar-refractivity contribution >= 4 is 18.0 Å². The predicted molar refractivity (Wildman–Crippen MR) is 75.8 cm³/mol. The van der Waals surface area contributed by atoms with E-state index in [1.165, 1.54) is 7.11 Å². The largest absolute Gasteiger partial charge is 0.480 e. The fourth-order valence-electron chi connectivity index (χ4n) is 2.48. The van der Waals surface area contributed by atoms with Gasteiger partial charge in [-0.2, -0.15) is 0 Å². The molecule has 0 aromatic carbocycles. The van der Waals surface area contributed by atoms with E-state index in [0.717, 1.165) is 12.8 Å². The Kier molecular flexibility index (Phi) is 6.45. The number of carbonyl (C=O) groups excluding carboxylic acids is 2. The minimum Gasteiger partial charge on any atom is -0.480 e. The number of carbonyl (C=O) groups is 3. The summed E-state index contributed by atoms with van der Waals surface area (Å²) in [6.45, 7) is 4.67. The quantitative estimate of drug-likeness (QED) is 0.744. The third-order valence-corrected chi connectivity index (χ3v) is 4.10. The second kappa shape index (κ2) is 7.85. The number of aliphatic carboxylic acids is 1. The summed E-state index contributed by atoms with van der Waals surface area (Å²) in [5, 5.41) is 11.6. The maximum absolute atomic E-state index is 12.2. The number of piperidine rings is 1. The predicted octanol–water partition coefficient (Wildman–Crippen LogP) is 1.22. The zero-order valence-corrected chi connectivity index (χ0v) is 12.8. The lowest BCUT2D eigenvalue weighted by Gasteiger charge is -2.38. The van der Waals surface area contributed by atoms with Crippen LogP contribution in [-0.4, -0.2) is 53.7 Å². The SMILES string of the molecule is COC(=O)CC[C@@H](NC(=O)N1CCCC(C)C1C)C(=O)O. The van der Waals surface area contributed by atoms with E-state index < -0.39 is 18.0 Å². The van der Waals surface area contributed by atoms with Gasteiger partial charge in [0.05, 0.1) is 7.11 Å². The van der Waals surface area contributed by atoms with Gasteiger partial charge in [0.1, 0.15) is 6.04 Å². The highest BCUT2D eigenvalue weighted by Crippen LogP contribution is 2.22. The Bertz CT molecular complexity index is 399. The van der Waals surface area contributed by atoms with Crippen LogP contribution < -0.4 is 5.32 Å². The molecule has 0 bridgehead atoms. The molecule has 21 heavy (non-hydrogen) atoms. The summed E-state index contributed by atoms with van der Waals surface area (Å²) in [6, 6.07) is -1.39. The summed E-state index contributed by atoms with van der Waals surface area (Å²) in [7, 11) is 1.24. The van der Waals surface area contributed by atoms with Crippen LogP contribution in [0.5, 0.6) is 0 Å². The lowest BCUT2D eigenvalue weighted by molar-refractivity contribution is -0.142. The number of nitrogens with zero attached hydrogens (tertiary/aromatic N) is 1. The number of esters is 1. The second-order valence-electron chi connectivity index (χ2n) is 5.51. The van der Waals surface area contributed by atoms with E-state index in [-0.39, 0.29) is 24.9 Å². The van der Waals surface area contributed by atoms with Crippen LogP contribution in [0, 0.1) is 5.92 Å². The smallest absolute Gasteiger partial charge is 0.326 e. The first kappa shape index (κ1) is 17.3. The first-order chi connectivity index (χ1) is 9.86. The third-order valence-electron chi connectivity index (χ3n) is 4.10. The molecule has 1 aliphatic rings. The van der Waals surface area contributed by atoms with Gasteiger partial charge in [0.25, 0.3) is 0 Å². The van der Waals surface area contributed by atoms with E-state index in [1.807, 2.05) is 6.92 Å². The summed E-state index contributed by atoms with van der Waals surface area (Å²) in [5.74, 6) is -1.25. The topological polar surface area (TPSA) is 95.9 Å². The molecular weight excluding hydrogens is 276 g/mol. The van der Waals surface area contributed by atoms with Crippen LogP contribution in [0.4, 0.5) is 4.79 Å². The number of nitrogens with one attached hydrogen (secondary N) is 1. The third kappa shape index (κ3) is 4.91. The number of carboxylic acids is 1. The molecule has 3 atom stereocenters. The molecule has 1 saturated heterocycles. The Balaban J connectivity index is 2.59. The van der Waals surface area contributed by atoms with Gasteiger partial charge in [0.2, 0.25) is 0 Å². The van der Waals surface area contributed by atoms with Crippen LogP contribution >= 0.6 is 0 Å². The molecule has 120 valence electrons. The average Bonchev–Trinajstić information content (AvgIpc) is 2.45. The molecule has 7 nitrogen and oxygen atoms in total. The molecule has 0 spiro atoms. The molecule has 0 aromatic rings. The number of methoxy groups -OCH3 is 1.